The monoisotopic (exact) mass is 391 g/mol. The molecule has 1 N–H and O–H groups in total. The van der Waals surface area contributed by atoms with Crippen molar-refractivity contribution in [1.82, 2.24) is 18.8 Å². The summed E-state index contributed by atoms with van der Waals surface area (Å²) >= 11 is 2.79. The van der Waals surface area contributed by atoms with Crippen LogP contribution < -0.4 is 5.32 Å². The molecule has 1 amide bonds. The number of piperidine rings is 1. The molecule has 0 aromatic carbocycles. The number of anilines is 1. The molecule has 1 aromatic heterocycles. The average Bonchev–Trinajstić information content (AvgIpc) is 3.00. The summed E-state index contributed by atoms with van der Waals surface area (Å²) in [5.41, 5.74) is 0. The zero-order valence-corrected chi connectivity index (χ0v) is 16.1. The van der Waals surface area contributed by atoms with Gasteiger partial charge >= 0.3 is 0 Å². The number of carbonyl (C=O) groups is 1. The van der Waals surface area contributed by atoms with E-state index >= 15 is 0 Å². The second-order valence-corrected chi connectivity index (χ2v) is 9.84. The zero-order valence-electron chi connectivity index (χ0n) is 13.6. The number of thioether (sulfide) groups is 1. The summed E-state index contributed by atoms with van der Waals surface area (Å²) in [6.07, 6.45) is 3.08. The first kappa shape index (κ1) is 19.3. The van der Waals surface area contributed by atoms with Gasteiger partial charge in [0, 0.05) is 32.9 Å². The minimum absolute atomic E-state index is 0.184. The Hall–Kier alpha value is -1.01. The van der Waals surface area contributed by atoms with Crippen LogP contribution in [0.5, 0.6) is 0 Å². The second kappa shape index (κ2) is 8.39. The number of nitrogens with zero attached hydrogens (tertiary/aromatic N) is 4. The molecule has 1 aliphatic rings. The van der Waals surface area contributed by atoms with Crippen LogP contribution >= 0.6 is 23.1 Å². The third kappa shape index (κ3) is 4.76. The van der Waals surface area contributed by atoms with Crippen LogP contribution in [-0.2, 0) is 15.0 Å². The van der Waals surface area contributed by atoms with Gasteiger partial charge in [0.25, 0.3) is 10.2 Å². The first-order chi connectivity index (χ1) is 11.3. The first-order valence-electron chi connectivity index (χ1n) is 7.40. The van der Waals surface area contributed by atoms with Crippen LogP contribution in [0.4, 0.5) is 5.13 Å². The van der Waals surface area contributed by atoms with Crippen LogP contribution in [0.2, 0.25) is 0 Å². The molecule has 1 fully saturated rings. The Kier molecular flexibility index (Phi) is 6.75. The van der Waals surface area contributed by atoms with E-state index in [1.807, 2.05) is 0 Å². The lowest BCUT2D eigenvalue weighted by Crippen LogP contribution is -2.47. The molecule has 1 aromatic rings. The van der Waals surface area contributed by atoms with Gasteiger partial charge in [0.2, 0.25) is 11.0 Å². The quantitative estimate of drug-likeness (QED) is 0.427. The van der Waals surface area contributed by atoms with Gasteiger partial charge in [0.1, 0.15) is 0 Å². The molecule has 1 aliphatic heterocycles. The number of amides is 1. The highest BCUT2D eigenvalue weighted by molar-refractivity contribution is 8.01. The normalized spacial score (nSPS) is 19.4. The Morgan fingerprint density at radius 1 is 1.54 bits per heavy atom. The summed E-state index contributed by atoms with van der Waals surface area (Å²) in [4.78, 5) is 12.4. The summed E-state index contributed by atoms with van der Waals surface area (Å²) in [6.45, 7) is 4.26. The lowest BCUT2D eigenvalue weighted by Gasteiger charge is -2.32. The number of carbonyl (C=O) groups excluding carboxylic acids is 1. The molecule has 8 nitrogen and oxygen atoms in total. The van der Waals surface area contributed by atoms with Gasteiger partial charge in [-0.3, -0.25) is 4.79 Å². The van der Waals surface area contributed by atoms with Crippen LogP contribution in [0.3, 0.4) is 0 Å². The molecule has 0 radical (unpaired) electrons. The minimum atomic E-state index is -3.50. The zero-order chi connectivity index (χ0) is 17.7. The fourth-order valence-corrected chi connectivity index (χ4v) is 4.96. The molecule has 2 rings (SSSR count). The standard InChI is InChI=1S/C13H21N5O3S3/c1-4-8-22-13-16-15-12(23-13)14-11(19)10-6-5-7-18(9-10)24(20,21)17(2)3/h4,10H,1,5-9H2,2-3H3,(H,14,15,19)/t10-/m1/s1. The molecule has 2 heterocycles. The lowest BCUT2D eigenvalue weighted by atomic mass is 9.99. The summed E-state index contributed by atoms with van der Waals surface area (Å²) in [5.74, 6) is 0.120. The Morgan fingerprint density at radius 3 is 2.96 bits per heavy atom. The van der Waals surface area contributed by atoms with Crippen molar-refractivity contribution >= 4 is 44.3 Å². The molecular weight excluding hydrogens is 370 g/mol. The van der Waals surface area contributed by atoms with Crippen molar-refractivity contribution in [2.75, 3.05) is 38.3 Å². The van der Waals surface area contributed by atoms with Gasteiger partial charge in [-0.1, -0.05) is 29.2 Å². The number of hydrogen-bond acceptors (Lipinski definition) is 7. The third-order valence-corrected chi connectivity index (χ3v) is 7.38. The van der Waals surface area contributed by atoms with Crippen LogP contribution in [0.25, 0.3) is 0 Å². The molecule has 11 heteroatoms. The molecule has 0 unspecified atom stereocenters. The van der Waals surface area contributed by atoms with Gasteiger partial charge in [-0.05, 0) is 12.8 Å². The maximum Gasteiger partial charge on any atom is 0.281 e. The van der Waals surface area contributed by atoms with E-state index in [1.54, 1.807) is 6.08 Å². The number of rotatable bonds is 7. The van der Waals surface area contributed by atoms with E-state index in [9.17, 15) is 13.2 Å². The molecular formula is C13H21N5O3S3. The van der Waals surface area contributed by atoms with E-state index in [0.717, 1.165) is 10.1 Å². The predicted molar refractivity (Wildman–Crippen MR) is 96.4 cm³/mol. The van der Waals surface area contributed by atoms with Gasteiger partial charge in [-0.2, -0.15) is 17.0 Å². The lowest BCUT2D eigenvalue weighted by molar-refractivity contribution is -0.120. The van der Waals surface area contributed by atoms with Gasteiger partial charge in [0.05, 0.1) is 5.92 Å². The summed E-state index contributed by atoms with van der Waals surface area (Å²) in [6, 6.07) is 0. The van der Waals surface area contributed by atoms with Crippen molar-refractivity contribution in [3.63, 3.8) is 0 Å². The molecule has 1 atom stereocenters. The highest BCUT2D eigenvalue weighted by Gasteiger charge is 2.33. The smallest absolute Gasteiger partial charge is 0.281 e. The van der Waals surface area contributed by atoms with Crippen molar-refractivity contribution in [3.05, 3.63) is 12.7 Å². The Bertz CT molecular complexity index is 689. The van der Waals surface area contributed by atoms with Crippen molar-refractivity contribution in [3.8, 4) is 0 Å². The van der Waals surface area contributed by atoms with E-state index in [2.05, 4.69) is 22.1 Å². The predicted octanol–water partition coefficient (Wildman–Crippen LogP) is 1.27. The van der Waals surface area contributed by atoms with Crippen LogP contribution in [0, 0.1) is 5.92 Å². The maximum absolute atomic E-state index is 12.4. The van der Waals surface area contributed by atoms with Crippen molar-refractivity contribution in [2.45, 2.75) is 17.2 Å². The number of hydrogen-bond donors (Lipinski definition) is 1. The van der Waals surface area contributed by atoms with Crippen LogP contribution in [0.15, 0.2) is 17.0 Å². The molecule has 24 heavy (non-hydrogen) atoms. The Labute approximate surface area is 150 Å². The highest BCUT2D eigenvalue weighted by atomic mass is 32.2. The number of nitrogens with one attached hydrogen (secondary N) is 1. The van der Waals surface area contributed by atoms with Crippen molar-refractivity contribution in [2.24, 2.45) is 5.92 Å². The molecule has 0 saturated carbocycles. The molecule has 1 saturated heterocycles. The van der Waals surface area contributed by atoms with Crippen LogP contribution in [-0.4, -0.2) is 66.1 Å². The van der Waals surface area contributed by atoms with E-state index in [-0.39, 0.29) is 18.4 Å². The van der Waals surface area contributed by atoms with Gasteiger partial charge < -0.3 is 5.32 Å². The van der Waals surface area contributed by atoms with Gasteiger partial charge in [0.15, 0.2) is 4.34 Å². The van der Waals surface area contributed by atoms with Crippen molar-refractivity contribution < 1.29 is 13.2 Å². The minimum Gasteiger partial charge on any atom is -0.300 e. The highest BCUT2D eigenvalue weighted by Crippen LogP contribution is 2.27. The van der Waals surface area contributed by atoms with Gasteiger partial charge in [-0.15, -0.1) is 16.8 Å². The second-order valence-electron chi connectivity index (χ2n) is 5.45. The largest absolute Gasteiger partial charge is 0.300 e. The summed E-state index contributed by atoms with van der Waals surface area (Å²) < 4.78 is 27.7. The van der Waals surface area contributed by atoms with Crippen LogP contribution in [0.1, 0.15) is 12.8 Å². The molecule has 134 valence electrons. The fourth-order valence-electron chi connectivity index (χ4n) is 2.25. The van der Waals surface area contributed by atoms with E-state index in [4.69, 9.17) is 0 Å². The molecule has 0 spiro atoms. The molecule has 0 aliphatic carbocycles. The third-order valence-electron chi connectivity index (χ3n) is 3.50. The summed E-state index contributed by atoms with van der Waals surface area (Å²) in [5, 5.41) is 11.1. The van der Waals surface area contributed by atoms with Crippen molar-refractivity contribution in [1.29, 1.82) is 0 Å². The summed E-state index contributed by atoms with van der Waals surface area (Å²) in [7, 11) is -0.519. The number of aromatic nitrogens is 2. The van der Waals surface area contributed by atoms with E-state index in [1.165, 1.54) is 45.8 Å². The van der Waals surface area contributed by atoms with E-state index in [0.29, 0.717) is 24.5 Å². The van der Waals surface area contributed by atoms with Gasteiger partial charge in [-0.25, -0.2) is 0 Å². The topological polar surface area (TPSA) is 95.5 Å². The SMILES string of the molecule is C=CCSc1nnc(NC(=O)[C@@H]2CCCN(S(=O)(=O)N(C)C)C2)s1. The Balaban J connectivity index is 1.97. The van der Waals surface area contributed by atoms with E-state index < -0.39 is 10.2 Å². The maximum atomic E-state index is 12.4. The first-order valence-corrected chi connectivity index (χ1v) is 10.6. The molecule has 0 bridgehead atoms. The fraction of sp³-hybridized carbons (Fsp3) is 0.615. The Morgan fingerprint density at radius 2 is 2.29 bits per heavy atom. The average molecular weight is 392 g/mol.